The van der Waals surface area contributed by atoms with E-state index in [1.54, 1.807) is 6.20 Å². The smallest absolute Gasteiger partial charge is 0.162 e. The Balaban J connectivity index is 1.98. The first kappa shape index (κ1) is 17.9. The van der Waals surface area contributed by atoms with Crippen molar-refractivity contribution in [2.75, 3.05) is 0 Å². The van der Waals surface area contributed by atoms with Gasteiger partial charge in [-0.2, -0.15) is 0 Å². The summed E-state index contributed by atoms with van der Waals surface area (Å²) in [6.45, 7) is 4.19. The maximum absolute atomic E-state index is 12.0. The van der Waals surface area contributed by atoms with Crippen LogP contribution in [0.1, 0.15) is 93.6 Å². The molecule has 118 valence electrons. The molecule has 2 heteroatoms. The van der Waals surface area contributed by atoms with E-state index >= 15 is 0 Å². The number of nitrogens with zero attached hydrogens (tertiary/aromatic N) is 1. The molecular formula is C19H31NO. The van der Waals surface area contributed by atoms with Crippen molar-refractivity contribution in [3.05, 3.63) is 29.6 Å². The van der Waals surface area contributed by atoms with E-state index in [1.165, 1.54) is 57.8 Å². The molecule has 0 radical (unpaired) electrons. The van der Waals surface area contributed by atoms with E-state index in [2.05, 4.69) is 11.9 Å². The van der Waals surface area contributed by atoms with E-state index in [0.29, 0.717) is 6.42 Å². The number of aryl methyl sites for hydroxylation is 1. The van der Waals surface area contributed by atoms with Crippen molar-refractivity contribution in [2.24, 2.45) is 0 Å². The highest BCUT2D eigenvalue weighted by Crippen LogP contribution is 2.13. The minimum atomic E-state index is 0.264. The average Bonchev–Trinajstić information content (AvgIpc) is 2.49. The third-order valence-corrected chi connectivity index (χ3v) is 3.98. The van der Waals surface area contributed by atoms with Crippen molar-refractivity contribution < 1.29 is 4.79 Å². The van der Waals surface area contributed by atoms with E-state index in [0.717, 1.165) is 17.7 Å². The van der Waals surface area contributed by atoms with Gasteiger partial charge < -0.3 is 0 Å². The Morgan fingerprint density at radius 2 is 1.52 bits per heavy atom. The quantitative estimate of drug-likeness (QED) is 0.355. The summed E-state index contributed by atoms with van der Waals surface area (Å²) in [7, 11) is 0. The third kappa shape index (κ3) is 8.64. The van der Waals surface area contributed by atoms with Gasteiger partial charge in [0.2, 0.25) is 0 Å². The predicted octanol–water partition coefficient (Wildman–Crippen LogP) is 5.88. The highest BCUT2D eigenvalue weighted by atomic mass is 16.1. The Bertz CT molecular complexity index is 400. The zero-order chi connectivity index (χ0) is 15.3. The van der Waals surface area contributed by atoms with Gasteiger partial charge in [-0.05, 0) is 25.5 Å². The van der Waals surface area contributed by atoms with Gasteiger partial charge in [-0.15, -0.1) is 0 Å². The van der Waals surface area contributed by atoms with Crippen LogP contribution in [0, 0.1) is 6.92 Å². The molecule has 0 aromatic carbocycles. The fourth-order valence-corrected chi connectivity index (χ4v) is 2.64. The molecule has 0 N–H and O–H groups in total. The summed E-state index contributed by atoms with van der Waals surface area (Å²) < 4.78 is 0. The molecule has 2 nitrogen and oxygen atoms in total. The zero-order valence-electron chi connectivity index (χ0n) is 13.9. The molecule has 1 aromatic heterocycles. The molecule has 0 aliphatic heterocycles. The summed E-state index contributed by atoms with van der Waals surface area (Å²) in [5.74, 6) is 0.264. The first-order valence-electron chi connectivity index (χ1n) is 8.70. The van der Waals surface area contributed by atoms with Gasteiger partial charge in [0.05, 0.1) is 0 Å². The lowest BCUT2D eigenvalue weighted by atomic mass is 10.0. The molecule has 21 heavy (non-hydrogen) atoms. The standard InChI is InChI=1S/C19H31NO/c1-3-4-5-6-7-8-9-10-11-12-13-19(21)18-14-15-20-17(2)16-18/h14-16H,3-13H2,1-2H3. The Labute approximate surface area is 130 Å². The number of pyridine rings is 1. The van der Waals surface area contributed by atoms with Crippen LogP contribution in [-0.2, 0) is 0 Å². The van der Waals surface area contributed by atoms with Crippen LogP contribution in [0.25, 0.3) is 0 Å². The molecule has 0 spiro atoms. The fourth-order valence-electron chi connectivity index (χ4n) is 2.64. The summed E-state index contributed by atoms with van der Waals surface area (Å²) in [6.07, 6.45) is 15.5. The number of Topliss-reactive ketones (excluding diaryl/α,β-unsaturated/α-hetero) is 1. The average molecular weight is 289 g/mol. The molecule has 0 amide bonds. The van der Waals surface area contributed by atoms with E-state index < -0.39 is 0 Å². The molecule has 0 unspecified atom stereocenters. The Kier molecular flexibility index (Phi) is 9.77. The number of hydrogen-bond acceptors (Lipinski definition) is 2. The zero-order valence-corrected chi connectivity index (χ0v) is 13.9. The molecule has 0 saturated heterocycles. The highest BCUT2D eigenvalue weighted by molar-refractivity contribution is 5.95. The maximum Gasteiger partial charge on any atom is 0.162 e. The fraction of sp³-hybridized carbons (Fsp3) is 0.684. The van der Waals surface area contributed by atoms with Crippen LogP contribution in [0.2, 0.25) is 0 Å². The lowest BCUT2D eigenvalue weighted by Gasteiger charge is -2.03. The van der Waals surface area contributed by atoms with Gasteiger partial charge in [0, 0.05) is 23.9 Å². The van der Waals surface area contributed by atoms with E-state index in [-0.39, 0.29) is 5.78 Å². The molecule has 0 aliphatic carbocycles. The summed E-state index contributed by atoms with van der Waals surface area (Å²) >= 11 is 0. The Hall–Kier alpha value is -1.18. The van der Waals surface area contributed by atoms with E-state index in [4.69, 9.17) is 0 Å². The summed E-state index contributed by atoms with van der Waals surface area (Å²) in [4.78, 5) is 16.1. The predicted molar refractivity (Wildman–Crippen MR) is 89.8 cm³/mol. The van der Waals surface area contributed by atoms with Gasteiger partial charge in [0.15, 0.2) is 5.78 Å². The van der Waals surface area contributed by atoms with Gasteiger partial charge in [0.1, 0.15) is 0 Å². The van der Waals surface area contributed by atoms with Crippen LogP contribution in [0.15, 0.2) is 18.3 Å². The molecule has 0 fully saturated rings. The topological polar surface area (TPSA) is 30.0 Å². The van der Waals surface area contributed by atoms with Crippen molar-refractivity contribution in [2.45, 2.75) is 84.5 Å². The first-order chi connectivity index (χ1) is 10.2. The normalized spacial score (nSPS) is 10.8. The third-order valence-electron chi connectivity index (χ3n) is 3.98. The summed E-state index contributed by atoms with van der Waals surface area (Å²) in [5, 5.41) is 0. The Morgan fingerprint density at radius 1 is 0.952 bits per heavy atom. The SMILES string of the molecule is CCCCCCCCCCCCC(=O)c1ccnc(C)c1. The summed E-state index contributed by atoms with van der Waals surface area (Å²) in [6, 6.07) is 3.71. The Morgan fingerprint density at radius 3 is 2.10 bits per heavy atom. The second-order valence-electron chi connectivity index (χ2n) is 6.04. The first-order valence-corrected chi connectivity index (χ1v) is 8.70. The van der Waals surface area contributed by atoms with Crippen molar-refractivity contribution in [3.63, 3.8) is 0 Å². The van der Waals surface area contributed by atoms with Gasteiger partial charge in [0.25, 0.3) is 0 Å². The van der Waals surface area contributed by atoms with Gasteiger partial charge in [-0.3, -0.25) is 9.78 Å². The summed E-state index contributed by atoms with van der Waals surface area (Å²) in [5.41, 5.74) is 1.74. The molecule has 1 rings (SSSR count). The second-order valence-corrected chi connectivity index (χ2v) is 6.04. The van der Waals surface area contributed by atoms with Crippen molar-refractivity contribution in [3.8, 4) is 0 Å². The number of aromatic nitrogens is 1. The molecule has 0 bridgehead atoms. The van der Waals surface area contributed by atoms with Gasteiger partial charge >= 0.3 is 0 Å². The number of hydrogen-bond donors (Lipinski definition) is 0. The van der Waals surface area contributed by atoms with Crippen LogP contribution in [-0.4, -0.2) is 10.8 Å². The van der Waals surface area contributed by atoms with E-state index in [9.17, 15) is 4.79 Å². The second kappa shape index (κ2) is 11.5. The molecular weight excluding hydrogens is 258 g/mol. The van der Waals surface area contributed by atoms with Crippen molar-refractivity contribution >= 4 is 5.78 Å². The maximum atomic E-state index is 12.0. The largest absolute Gasteiger partial charge is 0.294 e. The van der Waals surface area contributed by atoms with Crippen LogP contribution in [0.3, 0.4) is 0 Å². The van der Waals surface area contributed by atoms with Crippen molar-refractivity contribution in [1.82, 2.24) is 4.98 Å². The molecule has 0 atom stereocenters. The number of unbranched alkanes of at least 4 members (excludes halogenated alkanes) is 9. The number of rotatable bonds is 12. The van der Waals surface area contributed by atoms with Crippen molar-refractivity contribution in [1.29, 1.82) is 0 Å². The van der Waals surface area contributed by atoms with Crippen LogP contribution < -0.4 is 0 Å². The minimum absolute atomic E-state index is 0.264. The molecule has 1 heterocycles. The monoisotopic (exact) mass is 289 g/mol. The molecule has 0 aliphatic rings. The number of carbonyl (C=O) groups excluding carboxylic acids is 1. The minimum Gasteiger partial charge on any atom is -0.294 e. The number of carbonyl (C=O) groups is 1. The number of ketones is 1. The van der Waals surface area contributed by atoms with Crippen LogP contribution in [0.5, 0.6) is 0 Å². The molecule has 0 saturated carbocycles. The van der Waals surface area contributed by atoms with Crippen LogP contribution >= 0.6 is 0 Å². The van der Waals surface area contributed by atoms with E-state index in [1.807, 2.05) is 19.1 Å². The van der Waals surface area contributed by atoms with Gasteiger partial charge in [-0.1, -0.05) is 64.7 Å². The van der Waals surface area contributed by atoms with Crippen LogP contribution in [0.4, 0.5) is 0 Å². The lowest BCUT2D eigenvalue weighted by molar-refractivity contribution is 0.0979. The molecule has 1 aromatic rings. The lowest BCUT2D eigenvalue weighted by Crippen LogP contribution is -2.00. The van der Waals surface area contributed by atoms with Gasteiger partial charge in [-0.25, -0.2) is 0 Å². The highest BCUT2D eigenvalue weighted by Gasteiger charge is 2.05.